The van der Waals surface area contributed by atoms with Gasteiger partial charge in [0.25, 0.3) is 0 Å². The van der Waals surface area contributed by atoms with Gasteiger partial charge in [-0.2, -0.15) is 0 Å². The topological polar surface area (TPSA) is 50.7 Å². The number of nitrogens with one attached hydrogen (secondary N) is 1. The van der Waals surface area contributed by atoms with E-state index in [1.165, 1.54) is 0 Å². The third-order valence-corrected chi connectivity index (χ3v) is 3.18. The van der Waals surface area contributed by atoms with E-state index < -0.39 is 0 Å². The SMILES string of the molecule is CC(C)(C)C1=NNC(C2C=CC(C=O)CC2)O1. The van der Waals surface area contributed by atoms with Crippen molar-refractivity contribution in [3.8, 4) is 0 Å². The fourth-order valence-electron chi connectivity index (χ4n) is 2.05. The molecule has 1 N–H and O–H groups in total. The van der Waals surface area contributed by atoms with E-state index >= 15 is 0 Å². The smallest absolute Gasteiger partial charge is 0.213 e. The number of nitrogens with zero attached hydrogens (tertiary/aromatic N) is 1. The van der Waals surface area contributed by atoms with E-state index in [1.54, 1.807) is 0 Å². The van der Waals surface area contributed by atoms with Crippen LogP contribution in [0, 0.1) is 17.3 Å². The molecule has 0 aromatic carbocycles. The quantitative estimate of drug-likeness (QED) is 0.590. The van der Waals surface area contributed by atoms with Crippen molar-refractivity contribution in [1.82, 2.24) is 5.43 Å². The maximum absolute atomic E-state index is 10.7. The highest BCUT2D eigenvalue weighted by Crippen LogP contribution is 2.28. The zero-order valence-corrected chi connectivity index (χ0v) is 10.6. The van der Waals surface area contributed by atoms with Gasteiger partial charge >= 0.3 is 0 Å². The third kappa shape index (κ3) is 2.68. The number of carbonyl (C=O) groups excluding carboxylic acids is 1. The molecule has 1 aliphatic carbocycles. The number of carbonyl (C=O) groups is 1. The minimum absolute atomic E-state index is 0.0640. The molecular formula is C13H20N2O2. The maximum atomic E-state index is 10.7. The molecule has 4 heteroatoms. The number of aldehydes is 1. The molecule has 0 spiro atoms. The molecule has 4 nitrogen and oxygen atoms in total. The summed E-state index contributed by atoms with van der Waals surface area (Å²) < 4.78 is 5.83. The van der Waals surface area contributed by atoms with Crippen LogP contribution in [0.5, 0.6) is 0 Å². The lowest BCUT2D eigenvalue weighted by Gasteiger charge is -2.26. The zero-order chi connectivity index (χ0) is 12.5. The van der Waals surface area contributed by atoms with Gasteiger partial charge in [0, 0.05) is 17.3 Å². The number of hydrogen-bond donors (Lipinski definition) is 1. The molecule has 0 aromatic rings. The molecule has 1 aliphatic heterocycles. The van der Waals surface area contributed by atoms with Crippen LogP contribution in [0.15, 0.2) is 17.3 Å². The highest BCUT2D eigenvalue weighted by atomic mass is 16.5. The van der Waals surface area contributed by atoms with Crippen molar-refractivity contribution in [1.29, 1.82) is 0 Å². The third-order valence-electron chi connectivity index (χ3n) is 3.18. The van der Waals surface area contributed by atoms with E-state index in [0.717, 1.165) is 25.0 Å². The number of rotatable bonds is 2. The Morgan fingerprint density at radius 3 is 2.65 bits per heavy atom. The first kappa shape index (κ1) is 12.1. The number of hydrogen-bond acceptors (Lipinski definition) is 4. The first-order valence-electron chi connectivity index (χ1n) is 6.14. The minimum Gasteiger partial charge on any atom is -0.453 e. The predicted octanol–water partition coefficient (Wildman–Crippen LogP) is 2.07. The fourth-order valence-corrected chi connectivity index (χ4v) is 2.05. The lowest BCUT2D eigenvalue weighted by molar-refractivity contribution is -0.110. The molecule has 0 amide bonds. The Hall–Kier alpha value is -1.32. The van der Waals surface area contributed by atoms with E-state index in [4.69, 9.17) is 4.74 Å². The van der Waals surface area contributed by atoms with Gasteiger partial charge in [0.1, 0.15) is 6.29 Å². The average molecular weight is 236 g/mol. The Morgan fingerprint density at radius 2 is 2.18 bits per heavy atom. The van der Waals surface area contributed by atoms with Crippen LogP contribution < -0.4 is 5.43 Å². The van der Waals surface area contributed by atoms with Crippen molar-refractivity contribution >= 4 is 12.2 Å². The second kappa shape index (κ2) is 4.51. The van der Waals surface area contributed by atoms with E-state index in [2.05, 4.69) is 37.4 Å². The Balaban J connectivity index is 1.94. The molecule has 2 rings (SSSR count). The molecule has 0 saturated heterocycles. The van der Waals surface area contributed by atoms with Gasteiger partial charge in [0.15, 0.2) is 6.23 Å². The highest BCUT2D eigenvalue weighted by Gasteiger charge is 2.33. The molecule has 17 heavy (non-hydrogen) atoms. The van der Waals surface area contributed by atoms with Crippen molar-refractivity contribution < 1.29 is 9.53 Å². The summed E-state index contributed by atoms with van der Waals surface area (Å²) in [6.07, 6.45) is 6.84. The van der Waals surface area contributed by atoms with Crippen LogP contribution in [0.4, 0.5) is 0 Å². The van der Waals surface area contributed by atoms with Crippen molar-refractivity contribution in [3.05, 3.63) is 12.2 Å². The summed E-state index contributed by atoms with van der Waals surface area (Å²) in [7, 11) is 0. The molecule has 1 heterocycles. The minimum atomic E-state index is -0.0759. The molecule has 0 radical (unpaired) electrons. The van der Waals surface area contributed by atoms with Crippen molar-refractivity contribution in [3.63, 3.8) is 0 Å². The first-order chi connectivity index (χ1) is 8.00. The molecule has 94 valence electrons. The van der Waals surface area contributed by atoms with Crippen LogP contribution in [0.2, 0.25) is 0 Å². The van der Waals surface area contributed by atoms with Gasteiger partial charge in [-0.3, -0.25) is 5.43 Å². The normalized spacial score (nSPS) is 32.6. The van der Waals surface area contributed by atoms with Crippen LogP contribution in [0.25, 0.3) is 0 Å². The van der Waals surface area contributed by atoms with Crippen LogP contribution in [0.1, 0.15) is 33.6 Å². The monoisotopic (exact) mass is 236 g/mol. The van der Waals surface area contributed by atoms with E-state index in [-0.39, 0.29) is 17.6 Å². The Morgan fingerprint density at radius 1 is 1.41 bits per heavy atom. The van der Waals surface area contributed by atoms with Crippen molar-refractivity contribution in [2.45, 2.75) is 39.8 Å². The number of allylic oxidation sites excluding steroid dienone is 1. The number of hydrazone groups is 1. The molecule has 0 fully saturated rings. The van der Waals surface area contributed by atoms with E-state index in [9.17, 15) is 4.79 Å². The van der Waals surface area contributed by atoms with Gasteiger partial charge in [0.05, 0.1) is 0 Å². The van der Waals surface area contributed by atoms with Crippen LogP contribution in [0.3, 0.4) is 0 Å². The fraction of sp³-hybridized carbons (Fsp3) is 0.692. The van der Waals surface area contributed by atoms with Crippen LogP contribution in [-0.2, 0) is 9.53 Å². The largest absolute Gasteiger partial charge is 0.453 e. The summed E-state index contributed by atoms with van der Waals surface area (Å²) in [5.41, 5.74) is 2.98. The van der Waals surface area contributed by atoms with Gasteiger partial charge in [-0.05, 0) is 12.8 Å². The first-order valence-corrected chi connectivity index (χ1v) is 6.14. The molecule has 3 unspecified atom stereocenters. The van der Waals surface area contributed by atoms with E-state index in [0.29, 0.717) is 5.92 Å². The Labute approximate surface area is 102 Å². The second-order valence-electron chi connectivity index (χ2n) is 5.76. The molecular weight excluding hydrogens is 216 g/mol. The summed E-state index contributed by atoms with van der Waals surface area (Å²) >= 11 is 0. The maximum Gasteiger partial charge on any atom is 0.213 e. The second-order valence-corrected chi connectivity index (χ2v) is 5.76. The predicted molar refractivity (Wildman–Crippen MR) is 66.3 cm³/mol. The Kier molecular flexibility index (Phi) is 3.22. The van der Waals surface area contributed by atoms with Gasteiger partial charge in [-0.25, -0.2) is 0 Å². The zero-order valence-electron chi connectivity index (χ0n) is 10.6. The average Bonchev–Trinajstić information content (AvgIpc) is 2.78. The molecule has 3 atom stereocenters. The number of ether oxygens (including phenoxy) is 1. The van der Waals surface area contributed by atoms with Gasteiger partial charge < -0.3 is 9.53 Å². The molecule has 0 bridgehead atoms. The van der Waals surface area contributed by atoms with E-state index in [1.807, 2.05) is 6.08 Å². The van der Waals surface area contributed by atoms with Crippen molar-refractivity contribution in [2.75, 3.05) is 0 Å². The van der Waals surface area contributed by atoms with Crippen LogP contribution >= 0.6 is 0 Å². The van der Waals surface area contributed by atoms with Crippen molar-refractivity contribution in [2.24, 2.45) is 22.4 Å². The molecule has 2 aliphatic rings. The standard InChI is InChI=1S/C13H20N2O2/c1-13(2,3)12-15-14-11(17-12)10-6-4-9(8-16)5-7-10/h4,6,8-11,14H,5,7H2,1-3H3. The Bertz CT molecular complexity index is 355. The van der Waals surface area contributed by atoms with Gasteiger partial charge in [0.2, 0.25) is 5.90 Å². The lowest BCUT2D eigenvalue weighted by Crippen LogP contribution is -2.33. The molecule has 0 saturated carbocycles. The summed E-state index contributed by atoms with van der Waals surface area (Å²) in [6.45, 7) is 6.24. The lowest BCUT2D eigenvalue weighted by atomic mass is 9.88. The summed E-state index contributed by atoms with van der Waals surface area (Å²) in [4.78, 5) is 10.7. The summed E-state index contributed by atoms with van der Waals surface area (Å²) in [5.74, 6) is 1.14. The summed E-state index contributed by atoms with van der Waals surface area (Å²) in [6, 6.07) is 0. The van der Waals surface area contributed by atoms with Gasteiger partial charge in [-0.15, -0.1) is 5.10 Å². The highest BCUT2D eigenvalue weighted by molar-refractivity contribution is 5.82. The summed E-state index contributed by atoms with van der Waals surface area (Å²) in [5, 5.41) is 4.24. The molecule has 0 aromatic heterocycles. The van der Waals surface area contributed by atoms with Crippen LogP contribution in [-0.4, -0.2) is 18.4 Å². The van der Waals surface area contributed by atoms with Gasteiger partial charge in [-0.1, -0.05) is 32.9 Å².